The number of aromatic amines is 1. The highest BCUT2D eigenvalue weighted by atomic mass is 32.2. The summed E-state index contributed by atoms with van der Waals surface area (Å²) >= 11 is 1.17. The van der Waals surface area contributed by atoms with Crippen LogP contribution in [0.15, 0.2) is 46.3 Å². The number of carbonyl (C=O) groups is 1. The van der Waals surface area contributed by atoms with Crippen molar-refractivity contribution in [3.63, 3.8) is 0 Å². The minimum absolute atomic E-state index is 0.00267. The third-order valence-electron chi connectivity index (χ3n) is 4.78. The summed E-state index contributed by atoms with van der Waals surface area (Å²) in [6.45, 7) is 2.37. The zero-order valence-electron chi connectivity index (χ0n) is 16.3. The summed E-state index contributed by atoms with van der Waals surface area (Å²) in [4.78, 5) is 33.5. The Labute approximate surface area is 174 Å². The third-order valence-corrected chi connectivity index (χ3v) is 7.39. The van der Waals surface area contributed by atoms with Crippen LogP contribution in [0, 0.1) is 0 Å². The van der Waals surface area contributed by atoms with E-state index < -0.39 is 9.84 Å². The van der Waals surface area contributed by atoms with Gasteiger partial charge in [-0.2, -0.15) is 0 Å². The van der Waals surface area contributed by atoms with Crippen molar-refractivity contribution in [2.75, 3.05) is 17.3 Å². The van der Waals surface area contributed by atoms with Crippen LogP contribution in [-0.4, -0.2) is 52.5 Å². The Morgan fingerprint density at radius 2 is 2.07 bits per heavy atom. The molecule has 3 rings (SSSR count). The van der Waals surface area contributed by atoms with E-state index in [0.717, 1.165) is 12.0 Å². The minimum atomic E-state index is -3.11. The van der Waals surface area contributed by atoms with E-state index in [2.05, 4.69) is 9.97 Å². The molecule has 0 aliphatic carbocycles. The fourth-order valence-electron chi connectivity index (χ4n) is 3.37. The van der Waals surface area contributed by atoms with E-state index in [0.29, 0.717) is 30.2 Å². The summed E-state index contributed by atoms with van der Waals surface area (Å²) in [5.74, 6) is 0.0285. The molecule has 2 heterocycles. The van der Waals surface area contributed by atoms with Gasteiger partial charge in [-0.1, -0.05) is 55.4 Å². The van der Waals surface area contributed by atoms with Crippen molar-refractivity contribution in [1.29, 1.82) is 0 Å². The largest absolute Gasteiger partial charge is 0.334 e. The number of nitrogens with zero attached hydrogens (tertiary/aromatic N) is 2. The number of H-pyrrole nitrogens is 1. The van der Waals surface area contributed by atoms with Crippen LogP contribution >= 0.6 is 11.8 Å². The third kappa shape index (κ3) is 6.17. The molecule has 9 heteroatoms. The maximum atomic E-state index is 13.0. The number of carbonyl (C=O) groups excluding carboxylic acids is 1. The van der Waals surface area contributed by atoms with Crippen LogP contribution in [0.3, 0.4) is 0 Å². The highest BCUT2D eigenvalue weighted by Crippen LogP contribution is 2.22. The number of hydrogen-bond donors (Lipinski definition) is 1. The van der Waals surface area contributed by atoms with Gasteiger partial charge in [-0.25, -0.2) is 13.4 Å². The Morgan fingerprint density at radius 1 is 1.31 bits per heavy atom. The summed E-state index contributed by atoms with van der Waals surface area (Å²) < 4.78 is 23.9. The van der Waals surface area contributed by atoms with Crippen LogP contribution in [-0.2, 0) is 27.6 Å². The van der Waals surface area contributed by atoms with E-state index in [-0.39, 0.29) is 34.8 Å². The smallest absolute Gasteiger partial charge is 0.251 e. The van der Waals surface area contributed by atoms with Gasteiger partial charge in [0.15, 0.2) is 15.0 Å². The van der Waals surface area contributed by atoms with Crippen molar-refractivity contribution in [1.82, 2.24) is 14.9 Å². The van der Waals surface area contributed by atoms with Crippen LogP contribution in [0.5, 0.6) is 0 Å². The zero-order valence-corrected chi connectivity index (χ0v) is 18.0. The van der Waals surface area contributed by atoms with Gasteiger partial charge in [-0.3, -0.25) is 9.59 Å². The SMILES string of the molecule is CCCc1cc(=O)[nH]c(SCC(=O)N(Cc2ccccc2)[C@@H]2CCS(=O)(=O)C2)n1. The monoisotopic (exact) mass is 435 g/mol. The lowest BCUT2D eigenvalue weighted by molar-refractivity contribution is -0.130. The van der Waals surface area contributed by atoms with E-state index in [1.807, 2.05) is 37.3 Å². The van der Waals surface area contributed by atoms with Crippen LogP contribution < -0.4 is 5.56 Å². The molecule has 1 aliphatic rings. The van der Waals surface area contributed by atoms with E-state index >= 15 is 0 Å². The summed E-state index contributed by atoms with van der Waals surface area (Å²) in [5, 5.41) is 0.410. The number of nitrogens with one attached hydrogen (secondary N) is 1. The second kappa shape index (κ2) is 9.58. The number of sulfone groups is 1. The molecule has 29 heavy (non-hydrogen) atoms. The second-order valence-corrected chi connectivity index (χ2v) is 10.3. The molecular formula is C20H25N3O4S2. The highest BCUT2D eigenvalue weighted by molar-refractivity contribution is 7.99. The summed E-state index contributed by atoms with van der Waals surface area (Å²) in [6, 6.07) is 10.7. The van der Waals surface area contributed by atoms with Crippen molar-refractivity contribution in [3.8, 4) is 0 Å². The van der Waals surface area contributed by atoms with Crippen LogP contribution in [0.4, 0.5) is 0 Å². The van der Waals surface area contributed by atoms with Gasteiger partial charge in [0.1, 0.15) is 0 Å². The fraction of sp³-hybridized carbons (Fsp3) is 0.450. The number of rotatable bonds is 8. The fourth-order valence-corrected chi connectivity index (χ4v) is 5.88. The molecule has 156 valence electrons. The van der Waals surface area contributed by atoms with Crippen molar-refractivity contribution in [2.24, 2.45) is 0 Å². The molecule has 1 saturated heterocycles. The molecule has 0 unspecified atom stereocenters. The molecule has 0 radical (unpaired) electrons. The molecule has 1 aromatic carbocycles. The van der Waals surface area contributed by atoms with Crippen molar-refractivity contribution >= 4 is 27.5 Å². The van der Waals surface area contributed by atoms with Crippen molar-refractivity contribution < 1.29 is 13.2 Å². The lowest BCUT2D eigenvalue weighted by Crippen LogP contribution is -2.41. The number of amides is 1. The van der Waals surface area contributed by atoms with Gasteiger partial charge >= 0.3 is 0 Å². The molecule has 2 aromatic rings. The van der Waals surface area contributed by atoms with Gasteiger partial charge in [0.2, 0.25) is 5.91 Å². The number of aryl methyl sites for hydroxylation is 1. The molecule has 1 amide bonds. The molecule has 1 fully saturated rings. The topological polar surface area (TPSA) is 100 Å². The number of benzene rings is 1. The zero-order chi connectivity index (χ0) is 20.9. The van der Waals surface area contributed by atoms with Gasteiger partial charge in [0.05, 0.1) is 17.3 Å². The van der Waals surface area contributed by atoms with E-state index in [1.165, 1.54) is 17.8 Å². The standard InChI is InChI=1S/C20H25N3O4S2/c1-2-6-16-11-18(24)22-20(21-16)28-13-19(25)23(12-15-7-4-3-5-8-15)17-9-10-29(26,27)14-17/h3-5,7-8,11,17H,2,6,9-10,12-14H2,1H3,(H,21,22,24)/t17-/m1/s1. The first-order valence-electron chi connectivity index (χ1n) is 9.63. The molecule has 1 N–H and O–H groups in total. The lowest BCUT2D eigenvalue weighted by atomic mass is 10.1. The molecule has 1 atom stereocenters. The Hall–Kier alpha value is -2.13. The summed E-state index contributed by atoms with van der Waals surface area (Å²) in [6.07, 6.45) is 2.03. The van der Waals surface area contributed by atoms with Gasteiger partial charge in [0, 0.05) is 24.3 Å². The molecule has 1 aromatic heterocycles. The van der Waals surface area contributed by atoms with Crippen LogP contribution in [0.25, 0.3) is 0 Å². The second-order valence-electron chi connectivity index (χ2n) is 7.14. The van der Waals surface area contributed by atoms with E-state index in [4.69, 9.17) is 0 Å². The summed E-state index contributed by atoms with van der Waals surface area (Å²) in [7, 11) is -3.11. The predicted molar refractivity (Wildman–Crippen MR) is 114 cm³/mol. The average Bonchev–Trinajstić information content (AvgIpc) is 3.04. The maximum absolute atomic E-state index is 13.0. The van der Waals surface area contributed by atoms with Gasteiger partial charge < -0.3 is 9.88 Å². The molecule has 7 nitrogen and oxygen atoms in total. The number of thioether (sulfide) groups is 1. The Bertz CT molecular complexity index is 1010. The van der Waals surface area contributed by atoms with Crippen LogP contribution in [0.1, 0.15) is 31.0 Å². The van der Waals surface area contributed by atoms with E-state index in [1.54, 1.807) is 4.90 Å². The maximum Gasteiger partial charge on any atom is 0.251 e. The first kappa shape index (κ1) is 21.6. The first-order valence-corrected chi connectivity index (χ1v) is 12.4. The minimum Gasteiger partial charge on any atom is -0.334 e. The lowest BCUT2D eigenvalue weighted by Gasteiger charge is -2.28. The van der Waals surface area contributed by atoms with Crippen LogP contribution in [0.2, 0.25) is 0 Å². The Balaban J connectivity index is 1.73. The normalized spacial score (nSPS) is 17.9. The number of aromatic nitrogens is 2. The molecule has 0 bridgehead atoms. The Morgan fingerprint density at radius 3 is 2.72 bits per heavy atom. The van der Waals surface area contributed by atoms with Crippen molar-refractivity contribution in [3.05, 3.63) is 58.0 Å². The predicted octanol–water partition coefficient (Wildman–Crippen LogP) is 2.03. The highest BCUT2D eigenvalue weighted by Gasteiger charge is 2.34. The molecule has 1 aliphatic heterocycles. The average molecular weight is 436 g/mol. The van der Waals surface area contributed by atoms with E-state index in [9.17, 15) is 18.0 Å². The molecule has 0 saturated carbocycles. The van der Waals surface area contributed by atoms with Gasteiger partial charge in [-0.15, -0.1) is 0 Å². The van der Waals surface area contributed by atoms with Crippen molar-refractivity contribution in [2.45, 2.75) is 43.9 Å². The first-order chi connectivity index (χ1) is 13.9. The Kier molecular flexibility index (Phi) is 7.13. The molecular weight excluding hydrogens is 410 g/mol. The molecule has 0 spiro atoms. The number of hydrogen-bond acceptors (Lipinski definition) is 6. The summed E-state index contributed by atoms with van der Waals surface area (Å²) in [5.41, 5.74) is 1.42. The van der Waals surface area contributed by atoms with Gasteiger partial charge in [0.25, 0.3) is 5.56 Å². The van der Waals surface area contributed by atoms with Gasteiger partial charge in [-0.05, 0) is 18.4 Å². The quantitative estimate of drug-likeness (QED) is 0.503.